The lowest BCUT2D eigenvalue weighted by Crippen LogP contribution is -2.29. The standard InChI is InChI=1S/C13H22N4/c1-10-11(2)16-17-12(15-10)14-9-13(3)7-5-4-6-8-13/h4-9H2,1-3H3,(H,14,15,17). The molecule has 1 aliphatic rings. The maximum Gasteiger partial charge on any atom is 0.242 e. The lowest BCUT2D eigenvalue weighted by Gasteiger charge is -2.33. The van der Waals surface area contributed by atoms with Crippen molar-refractivity contribution in [3.8, 4) is 0 Å². The summed E-state index contributed by atoms with van der Waals surface area (Å²) in [5.74, 6) is 0.667. The third-order valence-electron chi connectivity index (χ3n) is 3.83. The van der Waals surface area contributed by atoms with Gasteiger partial charge in [0, 0.05) is 6.54 Å². The van der Waals surface area contributed by atoms with Gasteiger partial charge in [0.15, 0.2) is 0 Å². The van der Waals surface area contributed by atoms with Crippen LogP contribution in [0.3, 0.4) is 0 Å². The molecule has 4 heteroatoms. The minimum Gasteiger partial charge on any atom is -0.352 e. The number of nitrogens with one attached hydrogen (secondary N) is 1. The van der Waals surface area contributed by atoms with E-state index < -0.39 is 0 Å². The molecule has 1 saturated carbocycles. The fourth-order valence-electron chi connectivity index (χ4n) is 2.41. The third kappa shape index (κ3) is 3.14. The highest BCUT2D eigenvalue weighted by Gasteiger charge is 2.26. The average Bonchev–Trinajstić information content (AvgIpc) is 2.32. The fraction of sp³-hybridized carbons (Fsp3) is 0.769. The number of nitrogens with zero attached hydrogens (tertiary/aromatic N) is 3. The van der Waals surface area contributed by atoms with Gasteiger partial charge in [0.2, 0.25) is 5.95 Å². The van der Waals surface area contributed by atoms with Gasteiger partial charge in [0.1, 0.15) is 0 Å². The molecule has 0 spiro atoms. The first-order valence-electron chi connectivity index (χ1n) is 6.51. The molecule has 1 aromatic rings. The van der Waals surface area contributed by atoms with Crippen LogP contribution in [-0.4, -0.2) is 21.7 Å². The predicted octanol–water partition coefficient (Wildman–Crippen LogP) is 2.87. The van der Waals surface area contributed by atoms with Gasteiger partial charge in [-0.1, -0.05) is 26.2 Å². The van der Waals surface area contributed by atoms with E-state index in [1.54, 1.807) is 0 Å². The van der Waals surface area contributed by atoms with E-state index >= 15 is 0 Å². The molecule has 1 heterocycles. The van der Waals surface area contributed by atoms with Gasteiger partial charge in [0.05, 0.1) is 11.4 Å². The van der Waals surface area contributed by atoms with E-state index in [1.807, 2.05) is 13.8 Å². The summed E-state index contributed by atoms with van der Waals surface area (Å²) in [7, 11) is 0. The van der Waals surface area contributed by atoms with E-state index in [1.165, 1.54) is 32.1 Å². The van der Waals surface area contributed by atoms with E-state index in [4.69, 9.17) is 0 Å². The highest BCUT2D eigenvalue weighted by molar-refractivity contribution is 5.25. The van der Waals surface area contributed by atoms with Crippen LogP contribution in [0.5, 0.6) is 0 Å². The maximum atomic E-state index is 4.40. The SMILES string of the molecule is Cc1nnc(NCC2(C)CCCCC2)nc1C. The van der Waals surface area contributed by atoms with Crippen LogP contribution in [0.2, 0.25) is 0 Å². The van der Waals surface area contributed by atoms with Crippen molar-refractivity contribution in [2.45, 2.75) is 52.9 Å². The molecule has 0 radical (unpaired) electrons. The number of hydrogen-bond donors (Lipinski definition) is 1. The highest BCUT2D eigenvalue weighted by Crippen LogP contribution is 2.35. The number of aromatic nitrogens is 3. The lowest BCUT2D eigenvalue weighted by atomic mass is 9.76. The van der Waals surface area contributed by atoms with Crippen molar-refractivity contribution in [3.63, 3.8) is 0 Å². The molecule has 0 saturated heterocycles. The normalized spacial score (nSPS) is 19.0. The van der Waals surface area contributed by atoms with E-state index in [9.17, 15) is 0 Å². The Balaban J connectivity index is 1.94. The molecule has 94 valence electrons. The Morgan fingerprint density at radius 2 is 1.76 bits per heavy atom. The quantitative estimate of drug-likeness (QED) is 0.873. The molecular formula is C13H22N4. The molecule has 1 aliphatic carbocycles. The Labute approximate surface area is 103 Å². The second-order valence-corrected chi connectivity index (χ2v) is 5.53. The number of hydrogen-bond acceptors (Lipinski definition) is 4. The molecule has 2 rings (SSSR count). The maximum absolute atomic E-state index is 4.40. The second kappa shape index (κ2) is 4.98. The summed E-state index contributed by atoms with van der Waals surface area (Å²) in [5, 5.41) is 11.5. The van der Waals surface area contributed by atoms with Crippen molar-refractivity contribution in [3.05, 3.63) is 11.4 Å². The molecular weight excluding hydrogens is 212 g/mol. The Morgan fingerprint density at radius 3 is 2.41 bits per heavy atom. The monoisotopic (exact) mass is 234 g/mol. The largest absolute Gasteiger partial charge is 0.352 e. The number of anilines is 1. The summed E-state index contributed by atoms with van der Waals surface area (Å²) in [6, 6.07) is 0. The summed E-state index contributed by atoms with van der Waals surface area (Å²) < 4.78 is 0. The lowest BCUT2D eigenvalue weighted by molar-refractivity contribution is 0.233. The molecule has 1 N–H and O–H groups in total. The highest BCUT2D eigenvalue weighted by atomic mass is 15.2. The van der Waals surface area contributed by atoms with E-state index in [0.29, 0.717) is 11.4 Å². The van der Waals surface area contributed by atoms with Crippen LogP contribution in [0.15, 0.2) is 0 Å². The Morgan fingerprint density at radius 1 is 1.06 bits per heavy atom. The van der Waals surface area contributed by atoms with Crippen molar-refractivity contribution in [1.29, 1.82) is 0 Å². The minimum atomic E-state index is 0.403. The van der Waals surface area contributed by atoms with Crippen molar-refractivity contribution in [2.75, 3.05) is 11.9 Å². The summed E-state index contributed by atoms with van der Waals surface area (Å²) in [6.45, 7) is 7.21. The molecule has 0 aromatic carbocycles. The van der Waals surface area contributed by atoms with Gasteiger partial charge in [0.25, 0.3) is 0 Å². The number of rotatable bonds is 3. The van der Waals surface area contributed by atoms with E-state index in [2.05, 4.69) is 27.4 Å². The zero-order valence-corrected chi connectivity index (χ0v) is 11.1. The first-order chi connectivity index (χ1) is 8.09. The summed E-state index contributed by atoms with van der Waals surface area (Å²) in [4.78, 5) is 4.40. The van der Waals surface area contributed by atoms with Gasteiger partial charge in [-0.25, -0.2) is 4.98 Å². The van der Waals surface area contributed by atoms with E-state index in [-0.39, 0.29) is 0 Å². The van der Waals surface area contributed by atoms with Crippen LogP contribution in [0.25, 0.3) is 0 Å². The van der Waals surface area contributed by atoms with Crippen LogP contribution in [0.4, 0.5) is 5.95 Å². The van der Waals surface area contributed by atoms with Crippen LogP contribution in [0, 0.1) is 19.3 Å². The zero-order valence-electron chi connectivity index (χ0n) is 11.1. The minimum absolute atomic E-state index is 0.403. The molecule has 0 unspecified atom stereocenters. The third-order valence-corrected chi connectivity index (χ3v) is 3.83. The van der Waals surface area contributed by atoms with Crippen molar-refractivity contribution >= 4 is 5.95 Å². The zero-order chi connectivity index (χ0) is 12.3. The van der Waals surface area contributed by atoms with Crippen molar-refractivity contribution < 1.29 is 0 Å². The van der Waals surface area contributed by atoms with Crippen LogP contribution >= 0.6 is 0 Å². The summed E-state index contributed by atoms with van der Waals surface area (Å²) in [6.07, 6.45) is 6.70. The second-order valence-electron chi connectivity index (χ2n) is 5.53. The Hall–Kier alpha value is -1.19. The van der Waals surface area contributed by atoms with Crippen LogP contribution in [0.1, 0.15) is 50.4 Å². The molecule has 1 aromatic heterocycles. The molecule has 0 atom stereocenters. The first-order valence-corrected chi connectivity index (χ1v) is 6.51. The van der Waals surface area contributed by atoms with Crippen molar-refractivity contribution in [2.24, 2.45) is 5.41 Å². The van der Waals surface area contributed by atoms with E-state index in [0.717, 1.165) is 17.9 Å². The van der Waals surface area contributed by atoms with Gasteiger partial charge >= 0.3 is 0 Å². The molecule has 1 fully saturated rings. The van der Waals surface area contributed by atoms with Crippen LogP contribution < -0.4 is 5.32 Å². The predicted molar refractivity (Wildman–Crippen MR) is 69.0 cm³/mol. The first kappa shape index (κ1) is 12.3. The molecule has 17 heavy (non-hydrogen) atoms. The smallest absolute Gasteiger partial charge is 0.242 e. The van der Waals surface area contributed by atoms with Gasteiger partial charge < -0.3 is 5.32 Å². The molecule has 4 nitrogen and oxygen atoms in total. The summed E-state index contributed by atoms with van der Waals surface area (Å²) in [5.41, 5.74) is 2.26. The van der Waals surface area contributed by atoms with Gasteiger partial charge in [-0.05, 0) is 32.1 Å². The average molecular weight is 234 g/mol. The molecule has 0 amide bonds. The topological polar surface area (TPSA) is 50.7 Å². The molecule has 0 bridgehead atoms. The Bertz CT molecular complexity index is 383. The number of aryl methyl sites for hydroxylation is 2. The van der Waals surface area contributed by atoms with Gasteiger partial charge in [-0.15, -0.1) is 5.10 Å². The van der Waals surface area contributed by atoms with Gasteiger partial charge in [-0.2, -0.15) is 5.10 Å². The van der Waals surface area contributed by atoms with Gasteiger partial charge in [-0.3, -0.25) is 0 Å². The Kier molecular flexibility index (Phi) is 3.60. The fourth-order valence-corrected chi connectivity index (χ4v) is 2.41. The summed E-state index contributed by atoms with van der Waals surface area (Å²) >= 11 is 0. The molecule has 0 aliphatic heterocycles. The van der Waals surface area contributed by atoms with Crippen LogP contribution in [-0.2, 0) is 0 Å². The van der Waals surface area contributed by atoms with Crippen molar-refractivity contribution in [1.82, 2.24) is 15.2 Å².